The summed E-state index contributed by atoms with van der Waals surface area (Å²) in [5.74, 6) is 0.967. The van der Waals surface area contributed by atoms with Crippen molar-refractivity contribution in [2.24, 2.45) is 0 Å². The third-order valence-corrected chi connectivity index (χ3v) is 5.01. The highest BCUT2D eigenvalue weighted by atomic mass is 16.5. The molecule has 3 heterocycles. The van der Waals surface area contributed by atoms with E-state index in [4.69, 9.17) is 4.74 Å². The largest absolute Gasteiger partial charge is 0.497 e. The highest BCUT2D eigenvalue weighted by Crippen LogP contribution is 2.31. The molecule has 1 unspecified atom stereocenters. The summed E-state index contributed by atoms with van der Waals surface area (Å²) in [5.41, 5.74) is 3.52. The first-order valence-electron chi connectivity index (χ1n) is 8.66. The number of ether oxygens (including phenoxy) is 1. The maximum Gasteiger partial charge on any atom is 0.247 e. The Hall–Kier alpha value is -2.76. The molecule has 1 N–H and O–H groups in total. The first-order valence-corrected chi connectivity index (χ1v) is 8.66. The molecule has 4 rings (SSSR count). The predicted octanol–water partition coefficient (Wildman–Crippen LogP) is 2.91. The van der Waals surface area contributed by atoms with Gasteiger partial charge in [0, 0.05) is 54.1 Å². The van der Waals surface area contributed by atoms with E-state index in [1.165, 1.54) is 11.3 Å². The van der Waals surface area contributed by atoms with Gasteiger partial charge in [-0.25, -0.2) is 0 Å². The van der Waals surface area contributed by atoms with Crippen LogP contribution in [0.4, 0.5) is 0 Å². The van der Waals surface area contributed by atoms with Crippen molar-refractivity contribution < 1.29 is 9.53 Å². The van der Waals surface area contributed by atoms with Gasteiger partial charge in [-0.15, -0.1) is 0 Å². The molecule has 1 aliphatic heterocycles. The van der Waals surface area contributed by atoms with E-state index in [1.807, 2.05) is 42.3 Å². The minimum Gasteiger partial charge on any atom is -0.497 e. The number of carbonyl (C=O) groups excluding carboxylic acids is 1. The SMILES string of the molecule is CCC(C(=O)N1CCc2[nH]c3ccc(OC)cc3c2C1)n1cccn1. The van der Waals surface area contributed by atoms with Gasteiger partial charge in [0.2, 0.25) is 5.91 Å². The van der Waals surface area contributed by atoms with E-state index >= 15 is 0 Å². The third kappa shape index (κ3) is 2.67. The number of H-pyrrole nitrogens is 1. The normalized spacial score (nSPS) is 15.2. The molecule has 1 aliphatic rings. The van der Waals surface area contributed by atoms with Gasteiger partial charge >= 0.3 is 0 Å². The van der Waals surface area contributed by atoms with Gasteiger partial charge in [-0.05, 0) is 30.7 Å². The first kappa shape index (κ1) is 15.7. The molecule has 25 heavy (non-hydrogen) atoms. The number of methoxy groups -OCH3 is 1. The summed E-state index contributed by atoms with van der Waals surface area (Å²) in [6.45, 7) is 3.38. The molecule has 6 heteroatoms. The summed E-state index contributed by atoms with van der Waals surface area (Å²) in [6, 6.07) is 7.66. The topological polar surface area (TPSA) is 63.1 Å². The number of nitrogens with one attached hydrogen (secondary N) is 1. The number of carbonyl (C=O) groups is 1. The van der Waals surface area contributed by atoms with Crippen LogP contribution in [0.1, 0.15) is 30.6 Å². The second kappa shape index (κ2) is 6.27. The molecule has 0 aliphatic carbocycles. The van der Waals surface area contributed by atoms with Gasteiger partial charge in [0.1, 0.15) is 11.8 Å². The van der Waals surface area contributed by atoms with Gasteiger partial charge in [-0.3, -0.25) is 9.48 Å². The van der Waals surface area contributed by atoms with E-state index < -0.39 is 0 Å². The molecule has 130 valence electrons. The molecule has 1 aromatic carbocycles. The second-order valence-corrected chi connectivity index (χ2v) is 6.41. The summed E-state index contributed by atoms with van der Waals surface area (Å²) in [4.78, 5) is 18.5. The molecule has 6 nitrogen and oxygen atoms in total. The van der Waals surface area contributed by atoms with Gasteiger partial charge in [-0.2, -0.15) is 5.10 Å². The highest BCUT2D eigenvalue weighted by Gasteiger charge is 2.29. The maximum atomic E-state index is 13.0. The van der Waals surface area contributed by atoms with E-state index in [-0.39, 0.29) is 11.9 Å². The first-order chi connectivity index (χ1) is 12.2. The van der Waals surface area contributed by atoms with Crippen molar-refractivity contribution in [1.82, 2.24) is 19.7 Å². The van der Waals surface area contributed by atoms with Crippen LogP contribution in [0.15, 0.2) is 36.7 Å². The van der Waals surface area contributed by atoms with Gasteiger partial charge in [0.25, 0.3) is 0 Å². The molecule has 1 amide bonds. The van der Waals surface area contributed by atoms with E-state index in [0.29, 0.717) is 6.54 Å². The molecule has 0 radical (unpaired) electrons. The molecular formula is C19H22N4O2. The maximum absolute atomic E-state index is 13.0. The Labute approximate surface area is 146 Å². The number of benzene rings is 1. The summed E-state index contributed by atoms with van der Waals surface area (Å²) in [6.07, 6.45) is 5.15. The Balaban J connectivity index is 1.64. The van der Waals surface area contributed by atoms with E-state index in [0.717, 1.165) is 36.0 Å². The lowest BCUT2D eigenvalue weighted by molar-refractivity contribution is -0.136. The molecular weight excluding hydrogens is 316 g/mol. The fourth-order valence-corrected chi connectivity index (χ4v) is 3.66. The minimum absolute atomic E-state index is 0.133. The Bertz CT molecular complexity index is 898. The van der Waals surface area contributed by atoms with E-state index in [2.05, 4.69) is 10.1 Å². The Morgan fingerprint density at radius 3 is 3.04 bits per heavy atom. The molecule has 0 saturated carbocycles. The summed E-state index contributed by atoms with van der Waals surface area (Å²) in [7, 11) is 1.67. The quantitative estimate of drug-likeness (QED) is 0.795. The Kier molecular flexibility index (Phi) is 3.95. The fraction of sp³-hybridized carbons (Fsp3) is 0.368. The van der Waals surface area contributed by atoms with Gasteiger partial charge < -0.3 is 14.6 Å². The summed E-state index contributed by atoms with van der Waals surface area (Å²) in [5, 5.41) is 5.39. The molecule has 0 fully saturated rings. The van der Waals surface area contributed by atoms with Crippen molar-refractivity contribution in [3.8, 4) is 5.75 Å². The van der Waals surface area contributed by atoms with Crippen LogP contribution in [0.25, 0.3) is 10.9 Å². The van der Waals surface area contributed by atoms with E-state index in [9.17, 15) is 4.79 Å². The number of rotatable bonds is 4. The number of hydrogen-bond donors (Lipinski definition) is 1. The van der Waals surface area contributed by atoms with Gasteiger partial charge in [0.05, 0.1) is 7.11 Å². The summed E-state index contributed by atoms with van der Waals surface area (Å²) < 4.78 is 7.12. The van der Waals surface area contributed by atoms with Crippen molar-refractivity contribution >= 4 is 16.8 Å². The van der Waals surface area contributed by atoms with Crippen molar-refractivity contribution in [2.75, 3.05) is 13.7 Å². The zero-order valence-electron chi connectivity index (χ0n) is 14.5. The number of aromatic amines is 1. The molecule has 2 aromatic heterocycles. The molecule has 3 aromatic rings. The standard InChI is InChI=1S/C19H22N4O2/c1-3-18(23-9-4-8-20-23)19(24)22-10-7-17-15(12-22)14-11-13(25-2)5-6-16(14)21-17/h4-6,8-9,11,18,21H,3,7,10,12H2,1-2H3. The van der Waals surface area contributed by atoms with Crippen molar-refractivity contribution in [2.45, 2.75) is 32.4 Å². The van der Waals surface area contributed by atoms with Crippen molar-refractivity contribution in [3.05, 3.63) is 47.9 Å². The van der Waals surface area contributed by atoms with Crippen LogP contribution >= 0.6 is 0 Å². The molecule has 0 spiro atoms. The summed E-state index contributed by atoms with van der Waals surface area (Å²) >= 11 is 0. The smallest absolute Gasteiger partial charge is 0.247 e. The number of fused-ring (bicyclic) bond motifs is 3. The highest BCUT2D eigenvalue weighted by molar-refractivity contribution is 5.87. The Morgan fingerprint density at radius 1 is 1.44 bits per heavy atom. The average Bonchev–Trinajstić information content (AvgIpc) is 3.29. The van der Waals surface area contributed by atoms with Crippen LogP contribution in [-0.4, -0.2) is 39.2 Å². The zero-order valence-corrected chi connectivity index (χ0v) is 14.5. The lowest BCUT2D eigenvalue weighted by Crippen LogP contribution is -2.40. The van der Waals surface area contributed by atoms with Crippen LogP contribution < -0.4 is 4.74 Å². The van der Waals surface area contributed by atoms with Crippen molar-refractivity contribution in [3.63, 3.8) is 0 Å². The number of hydrogen-bond acceptors (Lipinski definition) is 3. The number of aromatic nitrogens is 3. The van der Waals surface area contributed by atoms with Crippen LogP contribution in [0.5, 0.6) is 5.75 Å². The monoisotopic (exact) mass is 338 g/mol. The van der Waals surface area contributed by atoms with Crippen LogP contribution in [0.2, 0.25) is 0 Å². The second-order valence-electron chi connectivity index (χ2n) is 6.41. The average molecular weight is 338 g/mol. The number of nitrogens with zero attached hydrogens (tertiary/aromatic N) is 3. The minimum atomic E-state index is -0.240. The van der Waals surface area contributed by atoms with Gasteiger partial charge in [0.15, 0.2) is 0 Å². The molecule has 0 saturated heterocycles. The molecule has 1 atom stereocenters. The predicted molar refractivity (Wildman–Crippen MR) is 95.5 cm³/mol. The Morgan fingerprint density at radius 2 is 2.32 bits per heavy atom. The fourth-order valence-electron chi connectivity index (χ4n) is 3.66. The van der Waals surface area contributed by atoms with Crippen molar-refractivity contribution in [1.29, 1.82) is 0 Å². The molecule has 0 bridgehead atoms. The lowest BCUT2D eigenvalue weighted by Gasteiger charge is -2.30. The number of amides is 1. The van der Waals surface area contributed by atoms with E-state index in [1.54, 1.807) is 18.0 Å². The zero-order chi connectivity index (χ0) is 17.4. The lowest BCUT2D eigenvalue weighted by atomic mass is 10.0. The van der Waals surface area contributed by atoms with Gasteiger partial charge in [-0.1, -0.05) is 6.92 Å². The van der Waals surface area contributed by atoms with Crippen LogP contribution in [0, 0.1) is 0 Å². The van der Waals surface area contributed by atoms with Crippen LogP contribution in [0.3, 0.4) is 0 Å². The van der Waals surface area contributed by atoms with Crippen LogP contribution in [-0.2, 0) is 17.8 Å². The third-order valence-electron chi connectivity index (χ3n) is 5.01.